The minimum Gasteiger partial charge on any atom is -0.389 e. The van der Waals surface area contributed by atoms with Crippen LogP contribution in [-0.4, -0.2) is 63.5 Å². The van der Waals surface area contributed by atoms with Crippen molar-refractivity contribution in [1.29, 1.82) is 0 Å². The maximum Gasteiger partial charge on any atom is 0.209 e. The summed E-state index contributed by atoms with van der Waals surface area (Å²) in [5.41, 5.74) is -0.724. The molecule has 0 aliphatic rings. The lowest BCUT2D eigenvalue weighted by Gasteiger charge is -2.26. The third kappa shape index (κ3) is 5.74. The summed E-state index contributed by atoms with van der Waals surface area (Å²) in [6.07, 6.45) is 0. The molecule has 0 radical (unpaired) electrons. The quantitative estimate of drug-likeness (QED) is 0.478. The Bertz CT molecular complexity index is 384. The standard InChI is InChI=1S/C12H25N5O2S/c1-10(2)12(3,18)9-20-11-14-15-16-17(11)7-5-13-6-8-19-4/h10,13,18H,5-9H2,1-4H3. The fourth-order valence-electron chi connectivity index (χ4n) is 1.30. The summed E-state index contributed by atoms with van der Waals surface area (Å²) in [6, 6.07) is 0. The third-order valence-electron chi connectivity index (χ3n) is 3.22. The van der Waals surface area contributed by atoms with Crippen LogP contribution in [-0.2, 0) is 11.3 Å². The number of aliphatic hydroxyl groups is 1. The Morgan fingerprint density at radius 3 is 2.85 bits per heavy atom. The van der Waals surface area contributed by atoms with Gasteiger partial charge in [0.2, 0.25) is 5.16 Å². The van der Waals surface area contributed by atoms with Gasteiger partial charge in [0.25, 0.3) is 0 Å². The molecule has 7 nitrogen and oxygen atoms in total. The molecule has 0 spiro atoms. The lowest BCUT2D eigenvalue weighted by molar-refractivity contribution is 0.0375. The van der Waals surface area contributed by atoms with Crippen molar-refractivity contribution < 1.29 is 9.84 Å². The van der Waals surface area contributed by atoms with Gasteiger partial charge in [0.1, 0.15) is 0 Å². The number of tetrazole rings is 1. The van der Waals surface area contributed by atoms with Gasteiger partial charge in [-0.25, -0.2) is 4.68 Å². The van der Waals surface area contributed by atoms with Crippen LogP contribution in [0.1, 0.15) is 20.8 Å². The summed E-state index contributed by atoms with van der Waals surface area (Å²) < 4.78 is 6.71. The number of hydrogen-bond acceptors (Lipinski definition) is 7. The van der Waals surface area contributed by atoms with Crippen LogP contribution < -0.4 is 5.32 Å². The topological polar surface area (TPSA) is 85.1 Å². The van der Waals surface area contributed by atoms with E-state index in [1.54, 1.807) is 11.8 Å². The van der Waals surface area contributed by atoms with Gasteiger partial charge in [-0.15, -0.1) is 5.10 Å². The minimum absolute atomic E-state index is 0.190. The maximum atomic E-state index is 10.2. The highest BCUT2D eigenvalue weighted by Crippen LogP contribution is 2.25. The van der Waals surface area contributed by atoms with E-state index in [9.17, 15) is 5.11 Å². The fourth-order valence-corrected chi connectivity index (χ4v) is 2.43. The molecule has 2 N–H and O–H groups in total. The Kier molecular flexibility index (Phi) is 7.42. The molecular weight excluding hydrogens is 278 g/mol. The van der Waals surface area contributed by atoms with E-state index in [4.69, 9.17) is 4.74 Å². The zero-order valence-corrected chi connectivity index (χ0v) is 13.5. The summed E-state index contributed by atoms with van der Waals surface area (Å²) in [6.45, 7) is 8.82. The number of nitrogens with zero attached hydrogens (tertiary/aromatic N) is 4. The normalized spacial score (nSPS) is 14.7. The second-order valence-electron chi connectivity index (χ2n) is 5.23. The maximum absolute atomic E-state index is 10.2. The van der Waals surface area contributed by atoms with Crippen LogP contribution in [0.3, 0.4) is 0 Å². The lowest BCUT2D eigenvalue weighted by atomic mass is 9.95. The highest BCUT2D eigenvalue weighted by molar-refractivity contribution is 7.99. The molecule has 1 aromatic rings. The molecular formula is C12H25N5O2S. The fraction of sp³-hybridized carbons (Fsp3) is 0.917. The molecule has 0 bridgehead atoms. The second-order valence-corrected chi connectivity index (χ2v) is 6.17. The van der Waals surface area contributed by atoms with Gasteiger partial charge in [-0.05, 0) is 23.3 Å². The minimum atomic E-state index is -0.724. The van der Waals surface area contributed by atoms with Crippen molar-refractivity contribution in [1.82, 2.24) is 25.5 Å². The first-order chi connectivity index (χ1) is 9.47. The van der Waals surface area contributed by atoms with E-state index in [1.807, 2.05) is 20.8 Å². The van der Waals surface area contributed by atoms with Gasteiger partial charge in [-0.1, -0.05) is 25.6 Å². The molecule has 0 saturated heterocycles. The predicted octanol–water partition coefficient (Wildman–Crippen LogP) is 0.408. The molecule has 8 heteroatoms. The van der Waals surface area contributed by atoms with Crippen LogP contribution in [0.5, 0.6) is 0 Å². The molecule has 0 aromatic carbocycles. The van der Waals surface area contributed by atoms with Gasteiger partial charge in [0.05, 0.1) is 18.8 Å². The Hall–Kier alpha value is -0.700. The van der Waals surface area contributed by atoms with Gasteiger partial charge in [0.15, 0.2) is 0 Å². The average molecular weight is 303 g/mol. The number of nitrogens with one attached hydrogen (secondary N) is 1. The molecule has 1 heterocycles. The van der Waals surface area contributed by atoms with E-state index in [1.165, 1.54) is 11.8 Å². The summed E-state index contributed by atoms with van der Waals surface area (Å²) in [5, 5.41) is 25.9. The van der Waals surface area contributed by atoms with Crippen molar-refractivity contribution in [3.63, 3.8) is 0 Å². The summed E-state index contributed by atoms with van der Waals surface area (Å²) in [4.78, 5) is 0. The van der Waals surface area contributed by atoms with Crippen molar-refractivity contribution in [2.45, 2.75) is 38.1 Å². The molecule has 1 aromatic heterocycles. The molecule has 0 aliphatic carbocycles. The van der Waals surface area contributed by atoms with Crippen molar-refractivity contribution in [2.75, 3.05) is 32.6 Å². The Morgan fingerprint density at radius 1 is 1.45 bits per heavy atom. The first kappa shape index (κ1) is 17.4. The first-order valence-electron chi connectivity index (χ1n) is 6.78. The smallest absolute Gasteiger partial charge is 0.209 e. The number of thioether (sulfide) groups is 1. The summed E-state index contributed by atoms with van der Waals surface area (Å²) in [5.74, 6) is 0.761. The molecule has 1 rings (SSSR count). The molecule has 1 atom stereocenters. The lowest BCUT2D eigenvalue weighted by Crippen LogP contribution is -2.34. The van der Waals surface area contributed by atoms with E-state index >= 15 is 0 Å². The van der Waals surface area contributed by atoms with Crippen LogP contribution >= 0.6 is 11.8 Å². The first-order valence-corrected chi connectivity index (χ1v) is 7.77. The number of methoxy groups -OCH3 is 1. The highest BCUT2D eigenvalue weighted by Gasteiger charge is 2.26. The molecule has 0 amide bonds. The Balaban J connectivity index is 2.39. The van der Waals surface area contributed by atoms with Crippen LogP contribution in [0.2, 0.25) is 0 Å². The molecule has 0 saturated carbocycles. The van der Waals surface area contributed by atoms with Crippen molar-refractivity contribution in [2.24, 2.45) is 5.92 Å². The van der Waals surface area contributed by atoms with E-state index in [0.29, 0.717) is 18.9 Å². The molecule has 116 valence electrons. The van der Waals surface area contributed by atoms with Gasteiger partial charge >= 0.3 is 0 Å². The molecule has 0 aliphatic heterocycles. The molecule has 20 heavy (non-hydrogen) atoms. The van der Waals surface area contributed by atoms with Gasteiger partial charge < -0.3 is 15.2 Å². The third-order valence-corrected chi connectivity index (χ3v) is 4.50. The van der Waals surface area contributed by atoms with Gasteiger partial charge in [-0.3, -0.25) is 0 Å². The van der Waals surface area contributed by atoms with Gasteiger partial charge in [0, 0.05) is 26.0 Å². The highest BCUT2D eigenvalue weighted by atomic mass is 32.2. The summed E-state index contributed by atoms with van der Waals surface area (Å²) in [7, 11) is 1.68. The van der Waals surface area contributed by atoms with Crippen molar-refractivity contribution >= 4 is 11.8 Å². The molecule has 0 fully saturated rings. The van der Waals surface area contributed by atoms with Gasteiger partial charge in [-0.2, -0.15) is 0 Å². The van der Waals surface area contributed by atoms with Crippen molar-refractivity contribution in [3.05, 3.63) is 0 Å². The van der Waals surface area contributed by atoms with E-state index in [-0.39, 0.29) is 5.92 Å². The number of aromatic nitrogens is 4. The zero-order valence-electron chi connectivity index (χ0n) is 12.7. The average Bonchev–Trinajstić information content (AvgIpc) is 2.83. The predicted molar refractivity (Wildman–Crippen MR) is 78.7 cm³/mol. The van der Waals surface area contributed by atoms with Crippen LogP contribution in [0.25, 0.3) is 0 Å². The number of ether oxygens (including phenoxy) is 1. The monoisotopic (exact) mass is 303 g/mol. The van der Waals surface area contributed by atoms with E-state index in [0.717, 1.165) is 18.2 Å². The Morgan fingerprint density at radius 2 is 2.20 bits per heavy atom. The van der Waals surface area contributed by atoms with E-state index in [2.05, 4.69) is 20.8 Å². The second kappa shape index (κ2) is 8.56. The van der Waals surface area contributed by atoms with E-state index < -0.39 is 5.60 Å². The van der Waals surface area contributed by atoms with Crippen LogP contribution in [0.15, 0.2) is 5.16 Å². The van der Waals surface area contributed by atoms with Crippen LogP contribution in [0, 0.1) is 5.92 Å². The summed E-state index contributed by atoms with van der Waals surface area (Å²) >= 11 is 1.48. The van der Waals surface area contributed by atoms with Crippen molar-refractivity contribution in [3.8, 4) is 0 Å². The molecule has 1 unspecified atom stereocenters. The Labute approximate surface area is 124 Å². The van der Waals surface area contributed by atoms with Crippen LogP contribution in [0.4, 0.5) is 0 Å². The number of hydrogen-bond donors (Lipinski definition) is 2. The zero-order chi connectivity index (χ0) is 15.0. The SMILES string of the molecule is COCCNCCn1nnnc1SCC(C)(O)C(C)C. The largest absolute Gasteiger partial charge is 0.389 e. The number of rotatable bonds is 10.